The molecule has 0 saturated carbocycles. The lowest BCUT2D eigenvalue weighted by molar-refractivity contribution is 0.559. The van der Waals surface area contributed by atoms with Crippen LogP contribution in [0.2, 0.25) is 0 Å². The number of hydrogen-bond donors (Lipinski definition) is 1. The van der Waals surface area contributed by atoms with Crippen LogP contribution in [0.3, 0.4) is 0 Å². The zero-order valence-electron chi connectivity index (χ0n) is 13.3. The summed E-state index contributed by atoms with van der Waals surface area (Å²) >= 11 is 1.69. The van der Waals surface area contributed by atoms with Crippen LogP contribution in [-0.2, 0) is 0 Å². The lowest BCUT2D eigenvalue weighted by Gasteiger charge is -2.28. The predicted molar refractivity (Wildman–Crippen MR) is 95.6 cm³/mol. The van der Waals surface area contributed by atoms with Gasteiger partial charge in [-0.3, -0.25) is 4.40 Å². The highest BCUT2D eigenvalue weighted by atomic mass is 32.1. The highest BCUT2D eigenvalue weighted by Gasteiger charge is 2.23. The molecule has 0 radical (unpaired) electrons. The average Bonchev–Trinajstić information content (AvgIpc) is 3.05. The summed E-state index contributed by atoms with van der Waals surface area (Å²) in [4.78, 5) is 4.80. The summed E-state index contributed by atoms with van der Waals surface area (Å²) in [5, 5.41) is 7.90. The standard InChI is InChI=1S/C18H21N3S/c1-13(2)11-18(3,4)20-17-16(14-8-10-22-12-14)19-15-7-5-6-9-21(15)17/h5-10,12,20H,1,11H2,2-4H3. The van der Waals surface area contributed by atoms with Crippen molar-refractivity contribution in [1.29, 1.82) is 0 Å². The predicted octanol–water partition coefficient (Wildman–Crippen LogP) is 5.22. The number of thiophene rings is 1. The number of hydrogen-bond acceptors (Lipinski definition) is 3. The minimum atomic E-state index is -0.0809. The highest BCUT2D eigenvalue weighted by molar-refractivity contribution is 7.08. The van der Waals surface area contributed by atoms with Gasteiger partial charge in [-0.05, 0) is 50.8 Å². The summed E-state index contributed by atoms with van der Waals surface area (Å²) in [5.74, 6) is 1.04. The summed E-state index contributed by atoms with van der Waals surface area (Å²) in [6.45, 7) is 10.5. The van der Waals surface area contributed by atoms with Crippen LogP contribution in [0.4, 0.5) is 5.82 Å². The van der Waals surface area contributed by atoms with Crippen LogP contribution in [0.15, 0.2) is 53.4 Å². The molecule has 0 unspecified atom stereocenters. The Morgan fingerprint density at radius 3 is 2.86 bits per heavy atom. The SMILES string of the molecule is C=C(C)CC(C)(C)Nc1c(-c2ccsc2)nc2ccccn12. The maximum absolute atomic E-state index is 4.80. The topological polar surface area (TPSA) is 29.3 Å². The summed E-state index contributed by atoms with van der Waals surface area (Å²) in [5.41, 5.74) is 4.20. The van der Waals surface area contributed by atoms with Gasteiger partial charge in [-0.25, -0.2) is 4.98 Å². The van der Waals surface area contributed by atoms with Crippen LogP contribution >= 0.6 is 11.3 Å². The second-order valence-corrected chi connectivity index (χ2v) is 7.17. The Bertz CT molecular complexity index is 797. The van der Waals surface area contributed by atoms with Crippen molar-refractivity contribution in [1.82, 2.24) is 9.38 Å². The van der Waals surface area contributed by atoms with Crippen LogP contribution in [0.5, 0.6) is 0 Å². The minimum Gasteiger partial charge on any atom is -0.364 e. The van der Waals surface area contributed by atoms with Gasteiger partial charge in [-0.2, -0.15) is 11.3 Å². The van der Waals surface area contributed by atoms with Gasteiger partial charge in [0.25, 0.3) is 0 Å². The largest absolute Gasteiger partial charge is 0.364 e. The number of pyridine rings is 1. The van der Waals surface area contributed by atoms with Gasteiger partial charge in [0, 0.05) is 22.7 Å². The second-order valence-electron chi connectivity index (χ2n) is 6.39. The number of nitrogens with zero attached hydrogens (tertiary/aromatic N) is 2. The third-order valence-electron chi connectivity index (χ3n) is 3.53. The van der Waals surface area contributed by atoms with Crippen molar-refractivity contribution in [3.8, 4) is 11.3 Å². The van der Waals surface area contributed by atoms with Gasteiger partial charge in [0.15, 0.2) is 0 Å². The maximum atomic E-state index is 4.80. The van der Waals surface area contributed by atoms with E-state index in [0.717, 1.165) is 29.1 Å². The zero-order valence-corrected chi connectivity index (χ0v) is 14.1. The molecule has 0 fully saturated rings. The Hall–Kier alpha value is -2.07. The normalized spacial score (nSPS) is 11.8. The van der Waals surface area contributed by atoms with Crippen molar-refractivity contribution >= 4 is 22.8 Å². The van der Waals surface area contributed by atoms with Crippen molar-refractivity contribution in [3.63, 3.8) is 0 Å². The lowest BCUT2D eigenvalue weighted by Crippen LogP contribution is -2.31. The number of anilines is 1. The number of imidazole rings is 1. The number of fused-ring (bicyclic) bond motifs is 1. The minimum absolute atomic E-state index is 0.0809. The molecule has 3 rings (SSSR count). The van der Waals surface area contributed by atoms with E-state index in [1.165, 1.54) is 5.57 Å². The van der Waals surface area contributed by atoms with Crippen molar-refractivity contribution < 1.29 is 0 Å². The van der Waals surface area contributed by atoms with E-state index in [9.17, 15) is 0 Å². The third kappa shape index (κ3) is 2.92. The van der Waals surface area contributed by atoms with Crippen molar-refractivity contribution in [2.24, 2.45) is 0 Å². The molecule has 0 aliphatic rings. The van der Waals surface area contributed by atoms with E-state index in [0.29, 0.717) is 0 Å². The van der Waals surface area contributed by atoms with Crippen molar-refractivity contribution in [3.05, 3.63) is 53.4 Å². The fourth-order valence-corrected chi connectivity index (χ4v) is 3.48. The van der Waals surface area contributed by atoms with E-state index in [2.05, 4.69) is 60.1 Å². The molecule has 114 valence electrons. The Balaban J connectivity index is 2.10. The van der Waals surface area contributed by atoms with Crippen LogP contribution in [0.1, 0.15) is 27.2 Å². The first-order valence-corrected chi connectivity index (χ1v) is 8.33. The highest BCUT2D eigenvalue weighted by Crippen LogP contribution is 2.33. The molecule has 0 atom stereocenters. The molecule has 3 aromatic rings. The molecule has 22 heavy (non-hydrogen) atoms. The Labute approximate surface area is 135 Å². The summed E-state index contributed by atoms with van der Waals surface area (Å²) in [6, 6.07) is 8.20. The van der Waals surface area contributed by atoms with Gasteiger partial charge in [0.2, 0.25) is 0 Å². The fourth-order valence-electron chi connectivity index (χ4n) is 2.83. The first kappa shape index (κ1) is 14.9. The molecule has 0 amide bonds. The average molecular weight is 311 g/mol. The molecule has 3 aromatic heterocycles. The molecule has 3 heterocycles. The lowest BCUT2D eigenvalue weighted by atomic mass is 9.96. The molecular weight excluding hydrogens is 290 g/mol. The molecular formula is C18H21N3S. The smallest absolute Gasteiger partial charge is 0.139 e. The van der Waals surface area contributed by atoms with E-state index in [4.69, 9.17) is 4.98 Å². The summed E-state index contributed by atoms with van der Waals surface area (Å²) in [7, 11) is 0. The number of nitrogens with one attached hydrogen (secondary N) is 1. The van der Waals surface area contributed by atoms with Gasteiger partial charge in [-0.1, -0.05) is 11.6 Å². The van der Waals surface area contributed by atoms with E-state index in [-0.39, 0.29) is 5.54 Å². The molecule has 3 nitrogen and oxygen atoms in total. The first-order chi connectivity index (χ1) is 10.5. The summed E-state index contributed by atoms with van der Waals surface area (Å²) < 4.78 is 2.12. The van der Waals surface area contributed by atoms with E-state index in [1.807, 2.05) is 18.2 Å². The second kappa shape index (κ2) is 5.61. The van der Waals surface area contributed by atoms with Gasteiger partial charge in [0.1, 0.15) is 17.2 Å². The van der Waals surface area contributed by atoms with Crippen LogP contribution in [0, 0.1) is 0 Å². The van der Waals surface area contributed by atoms with E-state index >= 15 is 0 Å². The Morgan fingerprint density at radius 1 is 1.36 bits per heavy atom. The molecule has 0 spiro atoms. The van der Waals surface area contributed by atoms with Crippen molar-refractivity contribution in [2.75, 3.05) is 5.32 Å². The Morgan fingerprint density at radius 2 is 2.18 bits per heavy atom. The molecule has 1 N–H and O–H groups in total. The first-order valence-electron chi connectivity index (χ1n) is 7.38. The quantitative estimate of drug-likeness (QED) is 0.655. The monoisotopic (exact) mass is 311 g/mol. The van der Waals surface area contributed by atoms with Gasteiger partial charge in [0.05, 0.1) is 0 Å². The molecule has 0 saturated heterocycles. The van der Waals surface area contributed by atoms with Gasteiger partial charge in [-0.15, -0.1) is 6.58 Å². The fraction of sp³-hybridized carbons (Fsp3) is 0.278. The van der Waals surface area contributed by atoms with E-state index in [1.54, 1.807) is 11.3 Å². The number of aromatic nitrogens is 2. The zero-order chi connectivity index (χ0) is 15.7. The van der Waals surface area contributed by atoms with E-state index < -0.39 is 0 Å². The Kier molecular flexibility index (Phi) is 3.79. The molecule has 0 aliphatic heterocycles. The van der Waals surface area contributed by atoms with Crippen LogP contribution in [0.25, 0.3) is 16.9 Å². The van der Waals surface area contributed by atoms with Gasteiger partial charge >= 0.3 is 0 Å². The molecule has 0 aromatic carbocycles. The van der Waals surface area contributed by atoms with Gasteiger partial charge < -0.3 is 5.32 Å². The maximum Gasteiger partial charge on any atom is 0.139 e. The van der Waals surface area contributed by atoms with Crippen LogP contribution in [-0.4, -0.2) is 14.9 Å². The third-order valence-corrected chi connectivity index (χ3v) is 4.21. The number of rotatable bonds is 5. The summed E-state index contributed by atoms with van der Waals surface area (Å²) in [6.07, 6.45) is 2.97. The molecule has 0 aliphatic carbocycles. The van der Waals surface area contributed by atoms with Crippen LogP contribution < -0.4 is 5.32 Å². The molecule has 0 bridgehead atoms. The van der Waals surface area contributed by atoms with Crippen molar-refractivity contribution in [2.45, 2.75) is 32.7 Å². The molecule has 4 heteroatoms.